The molecule has 1 N–H and O–H groups in total. The van der Waals surface area contributed by atoms with Crippen LogP contribution in [0.15, 0.2) is 18.2 Å². The Morgan fingerprint density at radius 2 is 2.05 bits per heavy atom. The van der Waals surface area contributed by atoms with E-state index in [1.807, 2.05) is 26.0 Å². The van der Waals surface area contributed by atoms with Gasteiger partial charge in [0, 0.05) is 24.2 Å². The van der Waals surface area contributed by atoms with E-state index in [1.165, 1.54) is 0 Å². The SMILES string of the molecule is Cc1[nH]c2c(C(=O)N(C)C3CCS(=O)(=O)C3)cccc2c1C. The number of hydrogen-bond donors (Lipinski definition) is 1. The molecule has 6 heteroatoms. The Balaban J connectivity index is 1.97. The van der Waals surface area contributed by atoms with Crippen LogP contribution in [0.5, 0.6) is 0 Å². The number of aromatic nitrogens is 1. The molecule has 1 amide bonds. The number of aryl methyl sites for hydroxylation is 2. The molecule has 22 heavy (non-hydrogen) atoms. The van der Waals surface area contributed by atoms with Crippen LogP contribution < -0.4 is 0 Å². The highest BCUT2D eigenvalue weighted by atomic mass is 32.2. The number of aromatic amines is 1. The van der Waals surface area contributed by atoms with Gasteiger partial charge in [-0.3, -0.25) is 4.79 Å². The number of nitrogens with one attached hydrogen (secondary N) is 1. The summed E-state index contributed by atoms with van der Waals surface area (Å²) in [6.45, 7) is 4.01. The van der Waals surface area contributed by atoms with Crippen LogP contribution >= 0.6 is 0 Å². The number of fused-ring (bicyclic) bond motifs is 1. The van der Waals surface area contributed by atoms with Gasteiger partial charge in [0.15, 0.2) is 9.84 Å². The lowest BCUT2D eigenvalue weighted by Gasteiger charge is -2.23. The van der Waals surface area contributed by atoms with E-state index in [0.717, 1.165) is 22.2 Å². The van der Waals surface area contributed by atoms with Crippen LogP contribution in [0.2, 0.25) is 0 Å². The summed E-state index contributed by atoms with van der Waals surface area (Å²) in [6.07, 6.45) is 0.517. The minimum atomic E-state index is -3.00. The molecular weight excluding hydrogens is 300 g/mol. The van der Waals surface area contributed by atoms with E-state index < -0.39 is 9.84 Å². The lowest BCUT2D eigenvalue weighted by molar-refractivity contribution is 0.0749. The molecule has 0 radical (unpaired) electrons. The van der Waals surface area contributed by atoms with Crippen molar-refractivity contribution in [3.05, 3.63) is 35.0 Å². The van der Waals surface area contributed by atoms with Crippen molar-refractivity contribution in [1.82, 2.24) is 9.88 Å². The standard InChI is InChI=1S/C16H20N2O3S/c1-10-11(2)17-15-13(10)5-4-6-14(15)16(19)18(3)12-7-8-22(20,21)9-12/h4-6,12,17H,7-9H2,1-3H3. The summed E-state index contributed by atoms with van der Waals surface area (Å²) in [5, 5.41) is 1.04. The van der Waals surface area contributed by atoms with E-state index in [-0.39, 0.29) is 23.5 Å². The quantitative estimate of drug-likeness (QED) is 0.920. The zero-order valence-electron chi connectivity index (χ0n) is 13.0. The molecule has 1 aromatic heterocycles. The van der Waals surface area contributed by atoms with Crippen LogP contribution in [0.1, 0.15) is 28.0 Å². The number of benzene rings is 1. The Bertz CT molecular complexity index is 852. The number of amides is 1. The highest BCUT2D eigenvalue weighted by Crippen LogP contribution is 2.26. The smallest absolute Gasteiger partial charge is 0.256 e. The third-order valence-corrected chi connectivity index (χ3v) is 6.40. The van der Waals surface area contributed by atoms with Crippen LogP contribution in [0.25, 0.3) is 10.9 Å². The second-order valence-electron chi connectivity index (χ2n) is 6.08. The average molecular weight is 320 g/mol. The number of sulfone groups is 1. The second-order valence-corrected chi connectivity index (χ2v) is 8.30. The van der Waals surface area contributed by atoms with E-state index in [4.69, 9.17) is 0 Å². The van der Waals surface area contributed by atoms with Gasteiger partial charge in [0.25, 0.3) is 5.91 Å². The Kier molecular flexibility index (Phi) is 3.51. The summed E-state index contributed by atoms with van der Waals surface area (Å²) in [4.78, 5) is 17.6. The molecule has 1 atom stereocenters. The van der Waals surface area contributed by atoms with Gasteiger partial charge in [-0.2, -0.15) is 0 Å². The van der Waals surface area contributed by atoms with Gasteiger partial charge in [-0.25, -0.2) is 8.42 Å². The first-order valence-corrected chi connectivity index (χ1v) is 9.18. The average Bonchev–Trinajstić information content (AvgIpc) is 2.98. The van der Waals surface area contributed by atoms with Gasteiger partial charge in [-0.1, -0.05) is 12.1 Å². The predicted molar refractivity (Wildman–Crippen MR) is 86.9 cm³/mol. The van der Waals surface area contributed by atoms with Crippen molar-refractivity contribution in [3.8, 4) is 0 Å². The number of rotatable bonds is 2. The van der Waals surface area contributed by atoms with E-state index in [2.05, 4.69) is 4.98 Å². The van der Waals surface area contributed by atoms with E-state index in [1.54, 1.807) is 18.0 Å². The number of para-hydroxylation sites is 1. The summed E-state index contributed by atoms with van der Waals surface area (Å²) in [7, 11) is -1.31. The summed E-state index contributed by atoms with van der Waals surface area (Å²) in [5.74, 6) is 0.0998. The van der Waals surface area contributed by atoms with Crippen molar-refractivity contribution in [3.63, 3.8) is 0 Å². The normalized spacial score (nSPS) is 20.4. The van der Waals surface area contributed by atoms with Gasteiger partial charge in [-0.15, -0.1) is 0 Å². The zero-order valence-corrected chi connectivity index (χ0v) is 13.8. The fraction of sp³-hybridized carbons (Fsp3) is 0.438. The molecule has 1 aliphatic heterocycles. The van der Waals surface area contributed by atoms with Crippen molar-refractivity contribution in [2.45, 2.75) is 26.3 Å². The van der Waals surface area contributed by atoms with Crippen molar-refractivity contribution in [2.24, 2.45) is 0 Å². The first-order chi connectivity index (χ1) is 10.3. The van der Waals surface area contributed by atoms with Gasteiger partial charge in [-0.05, 0) is 31.9 Å². The molecular formula is C16H20N2O3S. The van der Waals surface area contributed by atoms with Crippen molar-refractivity contribution in [2.75, 3.05) is 18.6 Å². The van der Waals surface area contributed by atoms with Crippen LogP contribution in [0.3, 0.4) is 0 Å². The molecule has 1 unspecified atom stereocenters. The molecule has 1 saturated heterocycles. The number of carbonyl (C=O) groups is 1. The number of carbonyl (C=O) groups excluding carboxylic acids is 1. The van der Waals surface area contributed by atoms with Crippen LogP contribution in [-0.4, -0.2) is 48.8 Å². The summed E-state index contributed by atoms with van der Waals surface area (Å²) >= 11 is 0. The van der Waals surface area contributed by atoms with Gasteiger partial charge in [0.1, 0.15) is 0 Å². The molecule has 1 aliphatic rings. The lowest BCUT2D eigenvalue weighted by Crippen LogP contribution is -2.37. The molecule has 5 nitrogen and oxygen atoms in total. The summed E-state index contributed by atoms with van der Waals surface area (Å²) in [5.41, 5.74) is 3.60. The highest BCUT2D eigenvalue weighted by Gasteiger charge is 2.33. The third-order valence-electron chi connectivity index (χ3n) is 4.65. The molecule has 2 heterocycles. The van der Waals surface area contributed by atoms with Gasteiger partial charge >= 0.3 is 0 Å². The topological polar surface area (TPSA) is 70.2 Å². The zero-order chi connectivity index (χ0) is 16.1. The van der Waals surface area contributed by atoms with Crippen LogP contribution in [0, 0.1) is 13.8 Å². The molecule has 0 aliphatic carbocycles. The predicted octanol–water partition coefficient (Wildman–Crippen LogP) is 2.04. The Hall–Kier alpha value is -1.82. The van der Waals surface area contributed by atoms with Crippen molar-refractivity contribution in [1.29, 1.82) is 0 Å². The molecule has 1 aromatic carbocycles. The maximum atomic E-state index is 12.8. The van der Waals surface area contributed by atoms with Gasteiger partial charge in [0.05, 0.1) is 22.6 Å². The number of hydrogen-bond acceptors (Lipinski definition) is 3. The molecule has 118 valence electrons. The van der Waals surface area contributed by atoms with Gasteiger partial charge in [0.2, 0.25) is 0 Å². The Labute approximate surface area is 130 Å². The van der Waals surface area contributed by atoms with Gasteiger partial charge < -0.3 is 9.88 Å². The summed E-state index contributed by atoms with van der Waals surface area (Å²) in [6, 6.07) is 5.42. The molecule has 2 aromatic rings. The van der Waals surface area contributed by atoms with E-state index in [9.17, 15) is 13.2 Å². The van der Waals surface area contributed by atoms with Crippen molar-refractivity contribution < 1.29 is 13.2 Å². The summed E-state index contributed by atoms with van der Waals surface area (Å²) < 4.78 is 23.2. The monoisotopic (exact) mass is 320 g/mol. The minimum Gasteiger partial charge on any atom is -0.358 e. The molecule has 1 fully saturated rings. The molecule has 0 saturated carbocycles. The fourth-order valence-corrected chi connectivity index (χ4v) is 4.87. The maximum absolute atomic E-state index is 12.8. The van der Waals surface area contributed by atoms with E-state index in [0.29, 0.717) is 12.0 Å². The largest absolute Gasteiger partial charge is 0.358 e. The Morgan fingerprint density at radius 1 is 1.32 bits per heavy atom. The first-order valence-electron chi connectivity index (χ1n) is 7.35. The number of nitrogens with zero attached hydrogens (tertiary/aromatic N) is 1. The third kappa shape index (κ3) is 2.41. The highest BCUT2D eigenvalue weighted by molar-refractivity contribution is 7.91. The van der Waals surface area contributed by atoms with Crippen molar-refractivity contribution >= 4 is 26.6 Å². The van der Waals surface area contributed by atoms with Crippen LogP contribution in [-0.2, 0) is 9.84 Å². The van der Waals surface area contributed by atoms with E-state index >= 15 is 0 Å². The fourth-order valence-electron chi connectivity index (χ4n) is 3.10. The number of H-pyrrole nitrogens is 1. The maximum Gasteiger partial charge on any atom is 0.256 e. The first kappa shape index (κ1) is 15.1. The van der Waals surface area contributed by atoms with Crippen LogP contribution in [0.4, 0.5) is 0 Å². The molecule has 0 bridgehead atoms. The second kappa shape index (κ2) is 5.12. The molecule has 3 rings (SSSR count). The lowest BCUT2D eigenvalue weighted by atomic mass is 10.1. The minimum absolute atomic E-state index is 0.0635. The Morgan fingerprint density at radius 3 is 2.68 bits per heavy atom. The molecule has 0 spiro atoms.